The third-order valence-corrected chi connectivity index (χ3v) is 4.77. The van der Waals surface area contributed by atoms with E-state index in [-0.39, 0.29) is 22.5 Å². The molecule has 0 spiro atoms. The van der Waals surface area contributed by atoms with Gasteiger partial charge in [-0.15, -0.1) is 0 Å². The average Bonchev–Trinajstić information content (AvgIpc) is 2.83. The van der Waals surface area contributed by atoms with Crippen molar-refractivity contribution in [2.45, 2.75) is 52.7 Å². The van der Waals surface area contributed by atoms with Gasteiger partial charge in [0.25, 0.3) is 0 Å². The Morgan fingerprint density at radius 2 is 1.70 bits per heavy atom. The molecule has 1 N–H and O–H groups in total. The molecule has 10 heteroatoms. The highest BCUT2D eigenvalue weighted by molar-refractivity contribution is 5.89. The average molecular weight is 512 g/mol. The summed E-state index contributed by atoms with van der Waals surface area (Å²) in [5.74, 6) is -0.776. The Bertz CT molecular complexity index is 1340. The fraction of sp³-hybridized carbons (Fsp3) is 0.333. The summed E-state index contributed by atoms with van der Waals surface area (Å²) in [7, 11) is 0. The number of hydrogen-bond donors (Lipinski definition) is 1. The predicted octanol–water partition coefficient (Wildman–Crippen LogP) is 4.97. The van der Waals surface area contributed by atoms with E-state index < -0.39 is 35.1 Å². The number of hydrogen-bond acceptors (Lipinski definition) is 9. The molecule has 0 bridgehead atoms. The van der Waals surface area contributed by atoms with Crippen molar-refractivity contribution in [3.8, 4) is 17.2 Å². The van der Waals surface area contributed by atoms with Crippen LogP contribution in [0.4, 0.5) is 4.79 Å². The number of ether oxygens (including phenoxy) is 4. The lowest BCUT2D eigenvalue weighted by Crippen LogP contribution is -2.43. The highest BCUT2D eigenvalue weighted by Crippen LogP contribution is 2.24. The lowest BCUT2D eigenvalue weighted by atomic mass is 10.2. The molecule has 0 aliphatic carbocycles. The Balaban J connectivity index is 1.68. The maximum atomic E-state index is 12.9. The largest absolute Gasteiger partial charge is 0.462 e. The van der Waals surface area contributed by atoms with Gasteiger partial charge in [0.1, 0.15) is 35.0 Å². The van der Waals surface area contributed by atoms with E-state index in [4.69, 9.17) is 23.4 Å². The summed E-state index contributed by atoms with van der Waals surface area (Å²) in [6, 6.07) is 9.43. The van der Waals surface area contributed by atoms with E-state index in [1.54, 1.807) is 32.9 Å². The van der Waals surface area contributed by atoms with Gasteiger partial charge in [0.05, 0.1) is 17.6 Å². The Morgan fingerprint density at radius 1 is 1.03 bits per heavy atom. The zero-order valence-electron chi connectivity index (χ0n) is 21.3. The zero-order valence-corrected chi connectivity index (χ0v) is 21.3. The van der Waals surface area contributed by atoms with Gasteiger partial charge in [-0.05, 0) is 70.5 Å². The van der Waals surface area contributed by atoms with Crippen LogP contribution in [0.2, 0.25) is 0 Å². The third kappa shape index (κ3) is 7.57. The lowest BCUT2D eigenvalue weighted by Gasteiger charge is -2.21. The summed E-state index contributed by atoms with van der Waals surface area (Å²) in [6.45, 7) is 8.81. The zero-order chi connectivity index (χ0) is 27.2. The topological polar surface area (TPSA) is 130 Å². The number of benzene rings is 2. The van der Waals surface area contributed by atoms with Crippen molar-refractivity contribution >= 4 is 29.0 Å². The quantitative estimate of drug-likeness (QED) is 0.329. The maximum Gasteiger partial charge on any atom is 0.408 e. The number of esters is 2. The van der Waals surface area contributed by atoms with Gasteiger partial charge >= 0.3 is 18.0 Å². The number of carbonyl (C=O) groups excluding carboxylic acids is 3. The van der Waals surface area contributed by atoms with Crippen LogP contribution in [0.25, 0.3) is 11.0 Å². The lowest BCUT2D eigenvalue weighted by molar-refractivity contribution is -0.136. The minimum absolute atomic E-state index is 0.0614. The number of carbonyl (C=O) groups is 3. The van der Waals surface area contributed by atoms with Crippen molar-refractivity contribution in [2.75, 3.05) is 6.61 Å². The molecule has 37 heavy (non-hydrogen) atoms. The van der Waals surface area contributed by atoms with Crippen LogP contribution >= 0.6 is 0 Å². The van der Waals surface area contributed by atoms with E-state index in [2.05, 4.69) is 5.32 Å². The number of nitrogens with one attached hydrogen (secondary N) is 1. The van der Waals surface area contributed by atoms with Crippen LogP contribution in [-0.4, -0.2) is 36.3 Å². The van der Waals surface area contributed by atoms with Gasteiger partial charge in [0.15, 0.2) is 0 Å². The Kier molecular flexibility index (Phi) is 8.54. The SMILES string of the molecule is CCCOC(=O)c1ccc(Oc2coc3cc(OC(=O)C(C)NC(=O)OC(C)(C)C)ccc3c2=O)cc1. The van der Waals surface area contributed by atoms with Gasteiger partial charge in [-0.2, -0.15) is 0 Å². The summed E-state index contributed by atoms with van der Waals surface area (Å²) in [6.07, 6.45) is 1.12. The molecule has 1 aromatic heterocycles. The molecule has 0 saturated heterocycles. The number of rotatable bonds is 8. The first-order valence-corrected chi connectivity index (χ1v) is 11.7. The second-order valence-electron chi connectivity index (χ2n) is 9.14. The second-order valence-corrected chi connectivity index (χ2v) is 9.14. The molecule has 0 aliphatic heterocycles. The molecule has 1 amide bonds. The van der Waals surface area contributed by atoms with Gasteiger partial charge < -0.3 is 28.7 Å². The monoisotopic (exact) mass is 511 g/mol. The minimum atomic E-state index is -0.978. The van der Waals surface area contributed by atoms with Gasteiger partial charge in [-0.1, -0.05) is 6.92 Å². The van der Waals surface area contributed by atoms with E-state index in [0.717, 1.165) is 12.7 Å². The first kappa shape index (κ1) is 27.3. The van der Waals surface area contributed by atoms with E-state index in [0.29, 0.717) is 17.9 Å². The molecule has 0 aliphatic rings. The van der Waals surface area contributed by atoms with E-state index in [1.807, 2.05) is 6.92 Å². The van der Waals surface area contributed by atoms with Crippen molar-refractivity contribution in [3.63, 3.8) is 0 Å². The molecule has 3 aromatic rings. The van der Waals surface area contributed by atoms with Crippen molar-refractivity contribution in [1.82, 2.24) is 5.32 Å². The van der Waals surface area contributed by atoms with Crippen LogP contribution in [0.1, 0.15) is 51.4 Å². The van der Waals surface area contributed by atoms with Crippen molar-refractivity contribution in [1.29, 1.82) is 0 Å². The Labute approximate surface area is 213 Å². The van der Waals surface area contributed by atoms with Crippen LogP contribution in [0, 0.1) is 0 Å². The van der Waals surface area contributed by atoms with Crippen LogP contribution < -0.4 is 20.2 Å². The molecule has 10 nitrogen and oxygen atoms in total. The van der Waals surface area contributed by atoms with Gasteiger partial charge in [-0.25, -0.2) is 14.4 Å². The Hall–Kier alpha value is -4.34. The number of amides is 1. The third-order valence-electron chi connectivity index (χ3n) is 4.77. The van der Waals surface area contributed by atoms with Crippen molar-refractivity contribution in [3.05, 3.63) is 64.5 Å². The minimum Gasteiger partial charge on any atom is -0.462 e. The van der Waals surface area contributed by atoms with Gasteiger partial charge in [0, 0.05) is 6.07 Å². The van der Waals surface area contributed by atoms with Gasteiger partial charge in [-0.3, -0.25) is 4.79 Å². The smallest absolute Gasteiger partial charge is 0.408 e. The molecule has 0 fully saturated rings. The maximum absolute atomic E-state index is 12.9. The molecule has 1 heterocycles. The molecular formula is C27H29NO9. The first-order valence-electron chi connectivity index (χ1n) is 11.7. The molecule has 1 atom stereocenters. The molecule has 0 saturated carbocycles. The predicted molar refractivity (Wildman–Crippen MR) is 134 cm³/mol. The van der Waals surface area contributed by atoms with E-state index in [1.165, 1.54) is 37.3 Å². The van der Waals surface area contributed by atoms with Crippen LogP contribution in [-0.2, 0) is 14.3 Å². The van der Waals surface area contributed by atoms with Gasteiger partial charge in [0.2, 0.25) is 11.2 Å². The molecule has 1 unspecified atom stereocenters. The highest BCUT2D eigenvalue weighted by Gasteiger charge is 2.22. The number of alkyl carbamates (subject to hydrolysis) is 1. The van der Waals surface area contributed by atoms with E-state index >= 15 is 0 Å². The molecular weight excluding hydrogens is 482 g/mol. The summed E-state index contributed by atoms with van der Waals surface area (Å²) in [4.78, 5) is 49.0. The number of fused-ring (bicyclic) bond motifs is 1. The summed E-state index contributed by atoms with van der Waals surface area (Å²) < 4.78 is 26.7. The molecule has 2 aromatic carbocycles. The fourth-order valence-electron chi connectivity index (χ4n) is 3.04. The van der Waals surface area contributed by atoms with Crippen LogP contribution in [0.15, 0.2) is 57.9 Å². The molecule has 3 rings (SSSR count). The van der Waals surface area contributed by atoms with Crippen molar-refractivity contribution in [2.24, 2.45) is 0 Å². The fourth-order valence-corrected chi connectivity index (χ4v) is 3.04. The summed E-state index contributed by atoms with van der Waals surface area (Å²) in [5.41, 5.74) is -0.614. The van der Waals surface area contributed by atoms with Crippen molar-refractivity contribution < 1.29 is 37.7 Å². The normalized spacial score (nSPS) is 11.9. The first-order chi connectivity index (χ1) is 17.5. The second kappa shape index (κ2) is 11.6. The van der Waals surface area contributed by atoms with Crippen LogP contribution in [0.5, 0.6) is 17.2 Å². The summed E-state index contributed by atoms with van der Waals surface area (Å²) in [5, 5.41) is 2.61. The standard InChI is InChI=1S/C27H29NO9/c1-6-13-33-25(31)17-7-9-18(10-8-17)35-22-15-34-21-14-19(11-12-20(21)23(22)29)36-24(30)16(2)28-26(32)37-27(3,4)5/h7-12,14-16H,6,13H2,1-5H3,(H,28,32). The summed E-state index contributed by atoms with van der Waals surface area (Å²) >= 11 is 0. The molecule has 0 radical (unpaired) electrons. The highest BCUT2D eigenvalue weighted by atomic mass is 16.6. The Morgan fingerprint density at radius 3 is 2.35 bits per heavy atom. The van der Waals surface area contributed by atoms with E-state index in [9.17, 15) is 19.2 Å². The van der Waals surface area contributed by atoms with Crippen LogP contribution in [0.3, 0.4) is 0 Å². The molecule has 196 valence electrons.